The van der Waals surface area contributed by atoms with E-state index in [1.54, 1.807) is 6.08 Å². The van der Waals surface area contributed by atoms with Gasteiger partial charge in [0.1, 0.15) is 18.2 Å². The molecule has 2 aromatic carbocycles. The van der Waals surface area contributed by atoms with Crippen LogP contribution in [0.15, 0.2) is 77.8 Å². The maximum atomic E-state index is 11.6. The molecule has 0 unspecified atom stereocenters. The van der Waals surface area contributed by atoms with Crippen LogP contribution in [-0.4, -0.2) is 36.3 Å². The fourth-order valence-corrected chi connectivity index (χ4v) is 3.74. The topological polar surface area (TPSA) is 71.5 Å². The molecule has 1 N–H and O–H groups in total. The van der Waals surface area contributed by atoms with Crippen molar-refractivity contribution < 1.29 is 14.3 Å². The van der Waals surface area contributed by atoms with Crippen LogP contribution in [0.2, 0.25) is 0 Å². The average Bonchev–Trinajstić information content (AvgIpc) is 3.12. The zero-order valence-electron chi connectivity index (χ0n) is 16.9. The predicted molar refractivity (Wildman–Crippen MR) is 124 cm³/mol. The van der Waals surface area contributed by atoms with E-state index in [1.807, 2.05) is 66.7 Å². The molecule has 1 aromatic heterocycles. The predicted octanol–water partition coefficient (Wildman–Crippen LogP) is 4.59. The van der Waals surface area contributed by atoms with Crippen LogP contribution >= 0.6 is 11.8 Å². The molecule has 31 heavy (non-hydrogen) atoms. The zero-order valence-corrected chi connectivity index (χ0v) is 17.8. The number of likely N-dealkylation sites (N-methyl/N-ethyl adjacent to an activating group) is 1. The zero-order chi connectivity index (χ0) is 21.6. The third-order valence-corrected chi connectivity index (χ3v) is 5.57. The number of nitrogens with one attached hydrogen (secondary N) is 1. The molecular weight excluding hydrogens is 410 g/mol. The molecule has 3 aromatic rings. The Hall–Kier alpha value is -3.58. The van der Waals surface area contributed by atoms with Gasteiger partial charge in [0.25, 0.3) is 11.1 Å². The highest BCUT2D eigenvalue weighted by Gasteiger charge is 2.24. The maximum Gasteiger partial charge on any atom is 0.290 e. The van der Waals surface area contributed by atoms with Crippen molar-refractivity contribution in [2.24, 2.45) is 0 Å². The standard InChI is InChI=1S/C24H21N3O3S/c1-27(22-12-9-19(16-25-22)18-5-3-2-4-6-18)13-14-30-20-10-7-17(8-11-20)15-21-23(28)26-24(29)31-21/h2-12,15-16H,13-14H2,1H3,(H,26,28,29)/b21-15+. The molecule has 1 fully saturated rings. The van der Waals surface area contributed by atoms with Crippen LogP contribution in [0, 0.1) is 0 Å². The number of carbonyl (C=O) groups is 2. The first-order chi connectivity index (χ1) is 15.1. The monoisotopic (exact) mass is 431 g/mol. The fraction of sp³-hybridized carbons (Fsp3) is 0.125. The maximum absolute atomic E-state index is 11.6. The highest BCUT2D eigenvalue weighted by molar-refractivity contribution is 8.18. The van der Waals surface area contributed by atoms with Gasteiger partial charge in [0.05, 0.1) is 11.4 Å². The summed E-state index contributed by atoms with van der Waals surface area (Å²) in [5.74, 6) is 1.26. The van der Waals surface area contributed by atoms with Crippen LogP contribution in [0.4, 0.5) is 10.6 Å². The van der Waals surface area contributed by atoms with Crippen molar-refractivity contribution in [3.8, 4) is 16.9 Å². The summed E-state index contributed by atoms with van der Waals surface area (Å²) in [6.07, 6.45) is 3.57. The largest absolute Gasteiger partial charge is 0.492 e. The third kappa shape index (κ3) is 5.32. The second-order valence-electron chi connectivity index (χ2n) is 6.96. The minimum Gasteiger partial charge on any atom is -0.492 e. The molecule has 1 saturated heterocycles. The highest BCUT2D eigenvalue weighted by atomic mass is 32.2. The molecule has 0 spiro atoms. The number of hydrogen-bond donors (Lipinski definition) is 1. The van der Waals surface area contributed by atoms with Crippen LogP contribution < -0.4 is 15.0 Å². The van der Waals surface area contributed by atoms with E-state index in [1.165, 1.54) is 0 Å². The first-order valence-electron chi connectivity index (χ1n) is 9.79. The van der Waals surface area contributed by atoms with Crippen LogP contribution in [0.25, 0.3) is 17.2 Å². The highest BCUT2D eigenvalue weighted by Crippen LogP contribution is 2.26. The number of amides is 2. The fourth-order valence-electron chi connectivity index (χ4n) is 3.06. The van der Waals surface area contributed by atoms with Crippen LogP contribution in [-0.2, 0) is 4.79 Å². The van der Waals surface area contributed by atoms with Gasteiger partial charge in [-0.05, 0) is 53.2 Å². The lowest BCUT2D eigenvalue weighted by Crippen LogP contribution is -2.24. The van der Waals surface area contributed by atoms with Gasteiger partial charge in [0, 0.05) is 18.8 Å². The summed E-state index contributed by atoms with van der Waals surface area (Å²) in [7, 11) is 1.98. The Kier molecular flexibility index (Phi) is 6.33. The van der Waals surface area contributed by atoms with E-state index < -0.39 is 0 Å². The molecule has 4 rings (SSSR count). The number of aromatic nitrogens is 1. The summed E-state index contributed by atoms with van der Waals surface area (Å²) in [6, 6.07) is 21.6. The Morgan fingerprint density at radius 2 is 1.77 bits per heavy atom. The number of rotatable bonds is 7. The summed E-state index contributed by atoms with van der Waals surface area (Å²) in [4.78, 5) is 29.8. The summed E-state index contributed by atoms with van der Waals surface area (Å²) >= 11 is 0.906. The molecule has 156 valence electrons. The van der Waals surface area contributed by atoms with Gasteiger partial charge < -0.3 is 9.64 Å². The van der Waals surface area contributed by atoms with E-state index in [0.717, 1.165) is 40.0 Å². The van der Waals surface area contributed by atoms with E-state index >= 15 is 0 Å². The van der Waals surface area contributed by atoms with Gasteiger partial charge >= 0.3 is 0 Å². The Labute approximate surface area is 184 Å². The molecule has 0 saturated carbocycles. The number of thioether (sulfide) groups is 1. The summed E-state index contributed by atoms with van der Waals surface area (Å²) in [5.41, 5.74) is 3.06. The van der Waals surface area contributed by atoms with Crippen LogP contribution in [0.1, 0.15) is 5.56 Å². The SMILES string of the molecule is CN(CCOc1ccc(/C=C2/SC(=O)NC2=O)cc1)c1ccc(-c2ccccc2)cn1. The van der Waals surface area contributed by atoms with E-state index in [-0.39, 0.29) is 11.1 Å². The number of anilines is 1. The number of pyridine rings is 1. The molecule has 7 heteroatoms. The van der Waals surface area contributed by atoms with E-state index in [9.17, 15) is 9.59 Å². The quantitative estimate of drug-likeness (QED) is 0.552. The Balaban J connectivity index is 1.28. The van der Waals surface area contributed by atoms with Gasteiger partial charge in [-0.2, -0.15) is 0 Å². The Morgan fingerprint density at radius 1 is 1.00 bits per heavy atom. The van der Waals surface area contributed by atoms with Crippen molar-refractivity contribution in [1.29, 1.82) is 0 Å². The molecule has 1 aliphatic rings. The van der Waals surface area contributed by atoms with Crippen molar-refractivity contribution in [2.75, 3.05) is 25.1 Å². The molecule has 0 bridgehead atoms. The first kappa shape index (κ1) is 20.7. The minimum atomic E-state index is -0.358. The smallest absolute Gasteiger partial charge is 0.290 e. The normalized spacial score (nSPS) is 14.5. The molecule has 0 atom stereocenters. The van der Waals surface area contributed by atoms with Crippen molar-refractivity contribution in [1.82, 2.24) is 10.3 Å². The molecule has 6 nitrogen and oxygen atoms in total. The Bertz CT molecular complexity index is 1100. The van der Waals surface area contributed by atoms with Crippen molar-refractivity contribution in [3.05, 3.63) is 83.4 Å². The van der Waals surface area contributed by atoms with Gasteiger partial charge in [0.15, 0.2) is 0 Å². The van der Waals surface area contributed by atoms with Crippen LogP contribution in [0.5, 0.6) is 5.75 Å². The number of benzene rings is 2. The molecular formula is C24H21N3O3S. The molecule has 0 aliphatic carbocycles. The lowest BCUT2D eigenvalue weighted by atomic mass is 10.1. The first-order valence-corrected chi connectivity index (χ1v) is 10.6. The molecule has 1 aliphatic heterocycles. The number of carbonyl (C=O) groups excluding carboxylic acids is 2. The van der Waals surface area contributed by atoms with Gasteiger partial charge in [0.2, 0.25) is 0 Å². The summed E-state index contributed by atoms with van der Waals surface area (Å²) in [5, 5.41) is 1.90. The minimum absolute atomic E-state index is 0.343. The van der Waals surface area contributed by atoms with Gasteiger partial charge in [-0.3, -0.25) is 14.9 Å². The summed E-state index contributed by atoms with van der Waals surface area (Å²) in [6.45, 7) is 1.19. The van der Waals surface area contributed by atoms with Gasteiger partial charge in [-0.25, -0.2) is 4.98 Å². The third-order valence-electron chi connectivity index (χ3n) is 4.76. The number of nitrogens with zero attached hydrogens (tertiary/aromatic N) is 2. The average molecular weight is 432 g/mol. The van der Waals surface area contributed by atoms with E-state index in [0.29, 0.717) is 18.1 Å². The lowest BCUT2D eigenvalue weighted by molar-refractivity contribution is -0.115. The number of hydrogen-bond acceptors (Lipinski definition) is 6. The summed E-state index contributed by atoms with van der Waals surface area (Å²) < 4.78 is 5.83. The van der Waals surface area contributed by atoms with Crippen LogP contribution in [0.3, 0.4) is 0 Å². The lowest BCUT2D eigenvalue weighted by Gasteiger charge is -2.18. The van der Waals surface area contributed by atoms with Crippen molar-refractivity contribution >= 4 is 34.8 Å². The molecule has 2 heterocycles. The van der Waals surface area contributed by atoms with Crippen molar-refractivity contribution in [2.45, 2.75) is 0 Å². The second-order valence-corrected chi connectivity index (χ2v) is 7.98. The molecule has 2 amide bonds. The number of imide groups is 1. The van der Waals surface area contributed by atoms with Crippen molar-refractivity contribution in [3.63, 3.8) is 0 Å². The molecule has 0 radical (unpaired) electrons. The van der Waals surface area contributed by atoms with Gasteiger partial charge in [-0.1, -0.05) is 42.5 Å². The second kappa shape index (κ2) is 9.49. The number of ether oxygens (including phenoxy) is 1. The van der Waals surface area contributed by atoms with Gasteiger partial charge in [-0.15, -0.1) is 0 Å². The van der Waals surface area contributed by atoms with E-state index in [2.05, 4.69) is 28.5 Å². The Morgan fingerprint density at radius 3 is 2.42 bits per heavy atom. The van der Waals surface area contributed by atoms with E-state index in [4.69, 9.17) is 4.74 Å².